The van der Waals surface area contributed by atoms with Gasteiger partial charge in [-0.05, 0) is 35.7 Å². The average Bonchev–Trinajstić information content (AvgIpc) is 3.38. The van der Waals surface area contributed by atoms with Crippen molar-refractivity contribution < 1.29 is 27.5 Å². The van der Waals surface area contributed by atoms with E-state index in [2.05, 4.69) is 10.3 Å². The van der Waals surface area contributed by atoms with E-state index in [9.17, 15) is 27.5 Å². The molecular formula is C22H18F4N4O2S. The van der Waals surface area contributed by atoms with E-state index in [1.54, 1.807) is 30.3 Å². The topological polar surface area (TPSA) is 94.0 Å². The number of hydrogen-bond donors (Lipinski definition) is 2. The van der Waals surface area contributed by atoms with Crippen LogP contribution in [0.3, 0.4) is 0 Å². The number of hydrogen-bond acceptors (Lipinski definition) is 5. The van der Waals surface area contributed by atoms with Crippen LogP contribution in [0.2, 0.25) is 0 Å². The Hall–Kier alpha value is -3.31. The fourth-order valence-electron chi connectivity index (χ4n) is 3.60. The normalized spacial score (nSPS) is 13.9. The van der Waals surface area contributed by atoms with E-state index in [1.807, 2.05) is 0 Å². The number of thiophene rings is 1. The lowest BCUT2D eigenvalue weighted by molar-refractivity contribution is -0.269. The molecule has 0 saturated heterocycles. The number of rotatable bonds is 6. The predicted octanol–water partition coefficient (Wildman–Crippen LogP) is 4.61. The highest BCUT2D eigenvalue weighted by molar-refractivity contribution is 7.21. The molecule has 11 heteroatoms. The summed E-state index contributed by atoms with van der Waals surface area (Å²) in [6, 6.07) is 11.0. The van der Waals surface area contributed by atoms with Crippen LogP contribution in [0, 0.1) is 5.82 Å². The Morgan fingerprint density at radius 2 is 1.88 bits per heavy atom. The third-order valence-corrected chi connectivity index (χ3v) is 6.57. The number of fused-ring (bicyclic) bond motifs is 1. The van der Waals surface area contributed by atoms with E-state index in [1.165, 1.54) is 35.1 Å². The van der Waals surface area contributed by atoms with E-state index in [0.29, 0.717) is 21.6 Å². The van der Waals surface area contributed by atoms with Crippen LogP contribution in [-0.4, -0.2) is 32.2 Å². The molecule has 1 amide bonds. The number of carbonyl (C=O) groups excluding carboxylic acids is 1. The molecule has 2 aromatic carbocycles. The summed E-state index contributed by atoms with van der Waals surface area (Å²) in [5, 5.41) is 18.0. The lowest BCUT2D eigenvalue weighted by Gasteiger charge is -2.26. The molecule has 2 aromatic heterocycles. The van der Waals surface area contributed by atoms with Crippen LogP contribution in [0.1, 0.15) is 34.3 Å². The minimum atomic E-state index is -4.89. The van der Waals surface area contributed by atoms with E-state index in [0.717, 1.165) is 16.3 Å². The molecule has 0 unspecified atom stereocenters. The van der Waals surface area contributed by atoms with Crippen LogP contribution >= 0.6 is 11.3 Å². The standard InChI is InChI=1S/C22H18F4N4O2S/c1-2-21(32,22(24,25)26)17-11-30(29-28-17)10-12-3-8-15-16(9-12)33-19(20(27)31)18(15)13-4-6-14(23)7-5-13/h3-9,11,32H,2,10H2,1H3,(H2,27,31)/t21-/m1/s1. The van der Waals surface area contributed by atoms with Gasteiger partial charge in [-0.25, -0.2) is 9.07 Å². The molecule has 0 bridgehead atoms. The summed E-state index contributed by atoms with van der Waals surface area (Å²) < 4.78 is 55.1. The van der Waals surface area contributed by atoms with Crippen LogP contribution in [-0.2, 0) is 12.1 Å². The maximum atomic E-state index is 13.3. The van der Waals surface area contributed by atoms with Gasteiger partial charge in [-0.1, -0.05) is 36.4 Å². The van der Waals surface area contributed by atoms with Crippen LogP contribution in [0.15, 0.2) is 48.7 Å². The molecule has 0 spiro atoms. The number of amides is 1. The Morgan fingerprint density at radius 3 is 2.48 bits per heavy atom. The van der Waals surface area contributed by atoms with Crippen molar-refractivity contribution >= 4 is 27.3 Å². The summed E-state index contributed by atoms with van der Waals surface area (Å²) in [7, 11) is 0. The van der Waals surface area contributed by atoms with Crippen molar-refractivity contribution in [1.82, 2.24) is 15.0 Å². The Labute approximate surface area is 189 Å². The monoisotopic (exact) mass is 478 g/mol. The van der Waals surface area contributed by atoms with Crippen LogP contribution < -0.4 is 5.73 Å². The molecule has 0 radical (unpaired) electrons. The second kappa shape index (κ2) is 8.23. The number of aromatic nitrogens is 3. The number of nitrogens with zero attached hydrogens (tertiary/aromatic N) is 3. The zero-order valence-electron chi connectivity index (χ0n) is 17.2. The number of halogens is 4. The molecule has 1 atom stereocenters. The molecule has 0 saturated carbocycles. The Bertz CT molecular complexity index is 1330. The molecule has 2 heterocycles. The van der Waals surface area contributed by atoms with Crippen molar-refractivity contribution in [2.24, 2.45) is 5.73 Å². The number of nitrogens with two attached hydrogens (primary N) is 1. The number of primary amides is 1. The molecule has 3 N–H and O–H groups in total. The SMILES string of the molecule is CC[C@@](O)(c1cn(Cc2ccc3c(-c4ccc(F)cc4)c(C(N)=O)sc3c2)nn1)C(F)(F)F. The van der Waals surface area contributed by atoms with Gasteiger partial charge < -0.3 is 10.8 Å². The fourth-order valence-corrected chi connectivity index (χ4v) is 4.74. The Morgan fingerprint density at radius 1 is 1.18 bits per heavy atom. The minimum Gasteiger partial charge on any atom is -0.375 e. The van der Waals surface area contributed by atoms with Gasteiger partial charge in [0.1, 0.15) is 16.4 Å². The maximum absolute atomic E-state index is 13.3. The van der Waals surface area contributed by atoms with Gasteiger partial charge in [-0.3, -0.25) is 4.79 Å². The van der Waals surface area contributed by atoms with Crippen LogP contribution in [0.4, 0.5) is 17.6 Å². The molecule has 0 fully saturated rings. The van der Waals surface area contributed by atoms with Crippen LogP contribution in [0.25, 0.3) is 21.2 Å². The number of aliphatic hydroxyl groups is 1. The Kier molecular flexibility index (Phi) is 5.71. The summed E-state index contributed by atoms with van der Waals surface area (Å²) in [6.45, 7) is 1.31. The molecule has 172 valence electrons. The summed E-state index contributed by atoms with van der Waals surface area (Å²) in [5.74, 6) is -1.03. The fraction of sp³-hybridized carbons (Fsp3) is 0.227. The molecule has 0 aliphatic rings. The number of benzene rings is 2. The summed E-state index contributed by atoms with van der Waals surface area (Å²) in [5.41, 5.74) is 3.82. The lowest BCUT2D eigenvalue weighted by atomic mass is 9.96. The van der Waals surface area contributed by atoms with Crippen molar-refractivity contribution in [3.05, 3.63) is 70.6 Å². The van der Waals surface area contributed by atoms with Crippen molar-refractivity contribution in [1.29, 1.82) is 0 Å². The van der Waals surface area contributed by atoms with Crippen LogP contribution in [0.5, 0.6) is 0 Å². The van der Waals surface area contributed by atoms with Gasteiger partial charge in [-0.15, -0.1) is 16.4 Å². The molecular weight excluding hydrogens is 460 g/mol. The van der Waals surface area contributed by atoms with E-state index < -0.39 is 35.6 Å². The third-order valence-electron chi connectivity index (χ3n) is 5.40. The van der Waals surface area contributed by atoms with Gasteiger partial charge in [0.05, 0.1) is 12.7 Å². The first-order chi connectivity index (χ1) is 15.5. The Balaban J connectivity index is 1.70. The van der Waals surface area contributed by atoms with Gasteiger partial charge in [0.2, 0.25) is 5.60 Å². The van der Waals surface area contributed by atoms with Gasteiger partial charge in [0.15, 0.2) is 0 Å². The van der Waals surface area contributed by atoms with E-state index >= 15 is 0 Å². The zero-order chi connectivity index (χ0) is 24.0. The zero-order valence-corrected chi connectivity index (χ0v) is 18.0. The lowest BCUT2D eigenvalue weighted by Crippen LogP contribution is -2.42. The van der Waals surface area contributed by atoms with Gasteiger partial charge in [0.25, 0.3) is 5.91 Å². The first kappa shape index (κ1) is 22.9. The van der Waals surface area contributed by atoms with Crippen molar-refractivity contribution in [3.8, 4) is 11.1 Å². The smallest absolute Gasteiger partial charge is 0.375 e. The van der Waals surface area contributed by atoms with Gasteiger partial charge >= 0.3 is 6.18 Å². The third kappa shape index (κ3) is 4.09. The first-order valence-electron chi connectivity index (χ1n) is 9.84. The first-order valence-corrected chi connectivity index (χ1v) is 10.7. The summed E-state index contributed by atoms with van der Waals surface area (Å²) >= 11 is 1.17. The highest BCUT2D eigenvalue weighted by Crippen LogP contribution is 2.41. The molecule has 33 heavy (non-hydrogen) atoms. The van der Waals surface area contributed by atoms with E-state index in [4.69, 9.17) is 5.73 Å². The quantitative estimate of drug-likeness (QED) is 0.396. The molecule has 0 aliphatic carbocycles. The van der Waals surface area contributed by atoms with Crippen molar-refractivity contribution in [2.45, 2.75) is 31.7 Å². The molecule has 4 aromatic rings. The van der Waals surface area contributed by atoms with Crippen molar-refractivity contribution in [3.63, 3.8) is 0 Å². The number of carbonyl (C=O) groups is 1. The highest BCUT2D eigenvalue weighted by Gasteiger charge is 2.55. The van der Waals surface area contributed by atoms with Crippen molar-refractivity contribution in [2.75, 3.05) is 0 Å². The second-order valence-corrected chi connectivity index (χ2v) is 8.57. The minimum absolute atomic E-state index is 0.0935. The second-order valence-electron chi connectivity index (χ2n) is 7.52. The molecule has 6 nitrogen and oxygen atoms in total. The average molecular weight is 478 g/mol. The predicted molar refractivity (Wildman–Crippen MR) is 115 cm³/mol. The van der Waals surface area contributed by atoms with Gasteiger partial charge in [0, 0.05) is 15.6 Å². The van der Waals surface area contributed by atoms with Gasteiger partial charge in [-0.2, -0.15) is 13.2 Å². The number of alkyl halides is 3. The summed E-state index contributed by atoms with van der Waals surface area (Å²) in [6.07, 6.45) is -4.42. The van der Waals surface area contributed by atoms with E-state index in [-0.39, 0.29) is 6.54 Å². The summed E-state index contributed by atoms with van der Waals surface area (Å²) in [4.78, 5) is 12.3. The highest BCUT2D eigenvalue weighted by atomic mass is 32.1. The molecule has 4 rings (SSSR count). The maximum Gasteiger partial charge on any atom is 0.423 e. The molecule has 0 aliphatic heterocycles. The largest absolute Gasteiger partial charge is 0.423 e.